The predicted octanol–water partition coefficient (Wildman–Crippen LogP) is 4.91. The minimum Gasteiger partial charge on any atom is -0.346 e. The van der Waals surface area contributed by atoms with Crippen molar-refractivity contribution in [1.82, 2.24) is 5.32 Å². The molecule has 2 aromatic rings. The van der Waals surface area contributed by atoms with Crippen molar-refractivity contribution in [2.24, 2.45) is 0 Å². The third-order valence-electron chi connectivity index (χ3n) is 3.54. The highest BCUT2D eigenvalue weighted by molar-refractivity contribution is 14.1. The van der Waals surface area contributed by atoms with Gasteiger partial charge in [0, 0.05) is 9.13 Å². The molecule has 0 saturated carbocycles. The Morgan fingerprint density at radius 3 is 2.19 bits per heavy atom. The maximum absolute atomic E-state index is 12.2. The van der Waals surface area contributed by atoms with Crippen molar-refractivity contribution in [1.29, 1.82) is 0 Å². The van der Waals surface area contributed by atoms with Gasteiger partial charge in [0.1, 0.15) is 0 Å². The highest BCUT2D eigenvalue weighted by Gasteiger charge is 2.12. The molecule has 0 saturated heterocycles. The quantitative estimate of drug-likeness (QED) is 0.736. The molecule has 3 heteroatoms. The number of halogens is 1. The number of carbonyl (C=O) groups excluding carboxylic acids is 1. The number of nitrogens with one attached hydrogen (secondary N) is 1. The smallest absolute Gasteiger partial charge is 0.251 e. The first-order valence-electron chi connectivity index (χ1n) is 7.13. The second-order valence-electron chi connectivity index (χ2n) is 5.53. The van der Waals surface area contributed by atoms with Crippen LogP contribution in [0.4, 0.5) is 0 Å². The Hall–Kier alpha value is -1.36. The number of amides is 1. The van der Waals surface area contributed by atoms with E-state index in [0.717, 1.165) is 9.13 Å². The van der Waals surface area contributed by atoms with Gasteiger partial charge in [-0.3, -0.25) is 4.79 Å². The van der Waals surface area contributed by atoms with Crippen molar-refractivity contribution in [3.63, 3.8) is 0 Å². The van der Waals surface area contributed by atoms with E-state index in [1.165, 1.54) is 5.56 Å². The van der Waals surface area contributed by atoms with E-state index in [1.54, 1.807) is 0 Å². The van der Waals surface area contributed by atoms with Crippen LogP contribution in [-0.2, 0) is 0 Å². The van der Waals surface area contributed by atoms with Crippen molar-refractivity contribution < 1.29 is 4.79 Å². The lowest BCUT2D eigenvalue weighted by molar-refractivity contribution is 0.0940. The van der Waals surface area contributed by atoms with Gasteiger partial charge in [0.15, 0.2) is 0 Å². The monoisotopic (exact) mass is 393 g/mol. The lowest BCUT2D eigenvalue weighted by Gasteiger charge is -2.15. The Bertz CT molecular complexity index is 619. The first-order chi connectivity index (χ1) is 9.97. The molecule has 2 aromatic carbocycles. The van der Waals surface area contributed by atoms with Crippen LogP contribution in [-0.4, -0.2) is 5.91 Å². The van der Waals surface area contributed by atoms with Crippen molar-refractivity contribution in [3.8, 4) is 0 Å². The Morgan fingerprint density at radius 2 is 1.62 bits per heavy atom. The lowest BCUT2D eigenvalue weighted by atomic mass is 9.99. The van der Waals surface area contributed by atoms with Crippen LogP contribution in [0, 0.1) is 3.57 Å². The van der Waals surface area contributed by atoms with Crippen molar-refractivity contribution in [3.05, 3.63) is 68.8 Å². The Kier molecular flexibility index (Phi) is 5.39. The fourth-order valence-corrected chi connectivity index (χ4v) is 2.71. The molecule has 21 heavy (non-hydrogen) atoms. The molecule has 1 amide bonds. The van der Waals surface area contributed by atoms with Gasteiger partial charge in [0.05, 0.1) is 6.04 Å². The van der Waals surface area contributed by atoms with Crippen molar-refractivity contribution in [2.45, 2.75) is 32.7 Å². The molecule has 2 rings (SSSR count). The SMILES string of the molecule is CC(C)c1ccc(C(C)NC(=O)c2cccc(I)c2)cc1. The Labute approximate surface area is 140 Å². The van der Waals surface area contributed by atoms with E-state index in [9.17, 15) is 4.79 Å². The summed E-state index contributed by atoms with van der Waals surface area (Å²) in [5, 5.41) is 3.05. The van der Waals surface area contributed by atoms with Gasteiger partial charge >= 0.3 is 0 Å². The minimum atomic E-state index is -0.0334. The molecule has 110 valence electrons. The second kappa shape index (κ2) is 7.07. The number of benzene rings is 2. The number of hydrogen-bond acceptors (Lipinski definition) is 1. The van der Waals surface area contributed by atoms with Crippen LogP contribution in [0.25, 0.3) is 0 Å². The van der Waals surface area contributed by atoms with Crippen LogP contribution < -0.4 is 5.32 Å². The second-order valence-corrected chi connectivity index (χ2v) is 6.77. The molecule has 1 atom stereocenters. The Balaban J connectivity index is 2.07. The van der Waals surface area contributed by atoms with Gasteiger partial charge in [-0.05, 0) is 64.8 Å². The molecule has 0 radical (unpaired) electrons. The van der Waals surface area contributed by atoms with Crippen molar-refractivity contribution >= 4 is 28.5 Å². The predicted molar refractivity (Wildman–Crippen MR) is 95.6 cm³/mol. The highest BCUT2D eigenvalue weighted by atomic mass is 127. The van der Waals surface area contributed by atoms with Crippen LogP contribution >= 0.6 is 22.6 Å². The van der Waals surface area contributed by atoms with Gasteiger partial charge in [-0.15, -0.1) is 0 Å². The Morgan fingerprint density at radius 1 is 1.00 bits per heavy atom. The van der Waals surface area contributed by atoms with Crippen LogP contribution in [0.1, 0.15) is 54.2 Å². The number of carbonyl (C=O) groups is 1. The van der Waals surface area contributed by atoms with Crippen LogP contribution in [0.2, 0.25) is 0 Å². The molecular formula is C18H20INO. The summed E-state index contributed by atoms with van der Waals surface area (Å²) in [6.07, 6.45) is 0. The first-order valence-corrected chi connectivity index (χ1v) is 8.21. The van der Waals surface area contributed by atoms with Gasteiger partial charge in [0.2, 0.25) is 0 Å². The van der Waals surface area contributed by atoms with Gasteiger partial charge in [-0.25, -0.2) is 0 Å². The van der Waals surface area contributed by atoms with Crippen LogP contribution in [0.15, 0.2) is 48.5 Å². The zero-order valence-electron chi connectivity index (χ0n) is 12.6. The maximum Gasteiger partial charge on any atom is 0.251 e. The molecule has 0 heterocycles. The molecule has 0 aliphatic carbocycles. The van der Waals surface area contributed by atoms with Gasteiger partial charge in [-0.2, -0.15) is 0 Å². The number of rotatable bonds is 4. The summed E-state index contributed by atoms with van der Waals surface area (Å²) >= 11 is 2.21. The van der Waals surface area contributed by atoms with Gasteiger partial charge in [-0.1, -0.05) is 44.2 Å². The average Bonchev–Trinajstić information content (AvgIpc) is 2.47. The van der Waals surface area contributed by atoms with Crippen LogP contribution in [0.3, 0.4) is 0 Å². The molecule has 1 unspecified atom stereocenters. The fourth-order valence-electron chi connectivity index (χ4n) is 2.16. The summed E-state index contributed by atoms with van der Waals surface area (Å²) in [6.45, 7) is 6.37. The van der Waals surface area contributed by atoms with Crippen LogP contribution in [0.5, 0.6) is 0 Å². The topological polar surface area (TPSA) is 29.1 Å². The molecule has 0 aliphatic rings. The molecule has 0 fully saturated rings. The molecular weight excluding hydrogens is 373 g/mol. The van der Waals surface area contributed by atoms with Gasteiger partial charge < -0.3 is 5.32 Å². The normalized spacial score (nSPS) is 12.2. The van der Waals surface area contributed by atoms with E-state index in [0.29, 0.717) is 11.5 Å². The molecule has 1 N–H and O–H groups in total. The minimum absolute atomic E-state index is 0.00317. The first kappa shape index (κ1) is 16.0. The summed E-state index contributed by atoms with van der Waals surface area (Å²) < 4.78 is 1.06. The molecule has 0 bridgehead atoms. The third kappa shape index (κ3) is 4.30. The third-order valence-corrected chi connectivity index (χ3v) is 4.21. The number of hydrogen-bond donors (Lipinski definition) is 1. The summed E-state index contributed by atoms with van der Waals surface area (Å²) in [7, 11) is 0. The largest absolute Gasteiger partial charge is 0.346 e. The summed E-state index contributed by atoms with van der Waals surface area (Å²) in [5.41, 5.74) is 3.14. The fraction of sp³-hybridized carbons (Fsp3) is 0.278. The zero-order chi connectivity index (χ0) is 15.4. The van der Waals surface area contributed by atoms with E-state index >= 15 is 0 Å². The molecule has 0 aromatic heterocycles. The maximum atomic E-state index is 12.2. The van der Waals surface area contributed by atoms with Crippen molar-refractivity contribution in [2.75, 3.05) is 0 Å². The van der Waals surface area contributed by atoms with E-state index in [1.807, 2.05) is 31.2 Å². The van der Waals surface area contributed by atoms with Gasteiger partial charge in [0.25, 0.3) is 5.91 Å². The highest BCUT2D eigenvalue weighted by Crippen LogP contribution is 2.19. The molecule has 2 nitrogen and oxygen atoms in total. The molecule has 0 spiro atoms. The molecule has 0 aliphatic heterocycles. The van der Waals surface area contributed by atoms with E-state index < -0.39 is 0 Å². The van der Waals surface area contributed by atoms with E-state index in [-0.39, 0.29) is 11.9 Å². The summed E-state index contributed by atoms with van der Waals surface area (Å²) in [5.74, 6) is 0.490. The lowest BCUT2D eigenvalue weighted by Crippen LogP contribution is -2.26. The zero-order valence-corrected chi connectivity index (χ0v) is 14.7. The van der Waals surface area contributed by atoms with E-state index in [2.05, 4.69) is 66.0 Å². The van der Waals surface area contributed by atoms with E-state index in [4.69, 9.17) is 0 Å². The summed E-state index contributed by atoms with van der Waals surface area (Å²) in [6, 6.07) is 16.1. The summed E-state index contributed by atoms with van der Waals surface area (Å²) in [4.78, 5) is 12.2. The average molecular weight is 393 g/mol. The standard InChI is InChI=1S/C18H20INO/c1-12(2)14-7-9-15(10-8-14)13(3)20-18(21)16-5-4-6-17(19)11-16/h4-13H,1-3H3,(H,20,21).